The Bertz CT molecular complexity index is 1350. The zero-order chi connectivity index (χ0) is 23.9. The summed E-state index contributed by atoms with van der Waals surface area (Å²) in [6.45, 7) is 3.80. The van der Waals surface area contributed by atoms with Crippen LogP contribution in [0.2, 0.25) is 5.02 Å². The molecule has 33 heavy (non-hydrogen) atoms. The molecule has 166 valence electrons. The first-order valence-electron chi connectivity index (χ1n) is 9.77. The third-order valence-electron chi connectivity index (χ3n) is 4.96. The molecular formula is C24H17ClN2O5S. The number of thiocarbonyl (C=S) groups is 1. The van der Waals surface area contributed by atoms with E-state index in [1.807, 2.05) is 19.9 Å². The second-order valence-corrected chi connectivity index (χ2v) is 8.30. The highest BCUT2D eigenvalue weighted by Gasteiger charge is 2.35. The van der Waals surface area contributed by atoms with Gasteiger partial charge in [-0.25, -0.2) is 4.79 Å². The summed E-state index contributed by atoms with van der Waals surface area (Å²) in [6, 6.07) is 12.9. The Kier molecular flexibility index (Phi) is 5.88. The number of amides is 2. The van der Waals surface area contributed by atoms with Gasteiger partial charge in [0.05, 0.1) is 16.3 Å². The fraction of sp³-hybridized carbons (Fsp3) is 0.0833. The summed E-state index contributed by atoms with van der Waals surface area (Å²) in [7, 11) is 0. The minimum absolute atomic E-state index is 0.00967. The standard InChI is InChI=1S/C24H17ClN2O5S/c1-12-7-13(2)9-15(8-12)27-22(29)18(21(28)26-24(27)33)11-16-4-6-20(32-16)17-10-14(23(30)31)3-5-19(17)25/h3-11H,1-2H3,(H,30,31)(H,26,28,33). The maximum absolute atomic E-state index is 13.2. The van der Waals surface area contributed by atoms with Crippen molar-refractivity contribution in [2.24, 2.45) is 0 Å². The highest BCUT2D eigenvalue weighted by molar-refractivity contribution is 7.80. The molecule has 1 saturated heterocycles. The number of furan rings is 1. The maximum atomic E-state index is 13.2. The maximum Gasteiger partial charge on any atom is 0.335 e. The average molecular weight is 481 g/mol. The molecule has 0 unspecified atom stereocenters. The van der Waals surface area contributed by atoms with Crippen LogP contribution in [0.1, 0.15) is 27.2 Å². The number of carboxylic acids is 1. The van der Waals surface area contributed by atoms with Crippen LogP contribution in [0.3, 0.4) is 0 Å². The van der Waals surface area contributed by atoms with Crippen molar-refractivity contribution >= 4 is 58.5 Å². The number of benzene rings is 2. The van der Waals surface area contributed by atoms with E-state index in [4.69, 9.17) is 28.2 Å². The number of nitrogens with zero attached hydrogens (tertiary/aromatic N) is 1. The molecule has 0 bridgehead atoms. The predicted molar refractivity (Wildman–Crippen MR) is 128 cm³/mol. The number of hydrogen-bond acceptors (Lipinski definition) is 5. The molecule has 0 saturated carbocycles. The molecule has 1 aromatic heterocycles. The summed E-state index contributed by atoms with van der Waals surface area (Å²) in [4.78, 5) is 38.3. The van der Waals surface area contributed by atoms with E-state index in [0.717, 1.165) is 11.1 Å². The summed E-state index contributed by atoms with van der Waals surface area (Å²) in [5.41, 5.74) is 2.70. The summed E-state index contributed by atoms with van der Waals surface area (Å²) in [5, 5.41) is 12.0. The molecule has 1 fully saturated rings. The van der Waals surface area contributed by atoms with Gasteiger partial charge < -0.3 is 9.52 Å². The molecule has 0 spiro atoms. The van der Waals surface area contributed by atoms with Crippen molar-refractivity contribution < 1.29 is 23.9 Å². The van der Waals surface area contributed by atoms with Crippen LogP contribution in [0.15, 0.2) is 58.5 Å². The van der Waals surface area contributed by atoms with E-state index in [1.54, 1.807) is 24.3 Å². The Labute approximate surface area is 199 Å². The fourth-order valence-electron chi connectivity index (χ4n) is 3.54. The van der Waals surface area contributed by atoms with Gasteiger partial charge in [0.1, 0.15) is 17.1 Å². The van der Waals surface area contributed by atoms with Crippen LogP contribution < -0.4 is 10.2 Å². The third kappa shape index (κ3) is 4.44. The molecule has 1 aliphatic rings. The van der Waals surface area contributed by atoms with Crippen LogP contribution in [-0.4, -0.2) is 28.0 Å². The number of carbonyl (C=O) groups is 3. The highest BCUT2D eigenvalue weighted by Crippen LogP contribution is 2.32. The number of aromatic carboxylic acids is 1. The van der Waals surface area contributed by atoms with E-state index in [2.05, 4.69) is 5.32 Å². The van der Waals surface area contributed by atoms with Gasteiger partial charge >= 0.3 is 5.97 Å². The van der Waals surface area contributed by atoms with E-state index in [-0.39, 0.29) is 22.0 Å². The van der Waals surface area contributed by atoms with Gasteiger partial charge in [0.25, 0.3) is 11.8 Å². The van der Waals surface area contributed by atoms with Gasteiger partial charge in [0.2, 0.25) is 0 Å². The first-order chi connectivity index (χ1) is 15.6. The molecule has 1 aliphatic heterocycles. The largest absolute Gasteiger partial charge is 0.478 e. The van der Waals surface area contributed by atoms with Gasteiger partial charge in [-0.1, -0.05) is 17.7 Å². The van der Waals surface area contributed by atoms with Crippen LogP contribution in [0, 0.1) is 13.8 Å². The zero-order valence-electron chi connectivity index (χ0n) is 17.5. The van der Waals surface area contributed by atoms with Crippen molar-refractivity contribution in [2.75, 3.05) is 4.90 Å². The number of carboxylic acid groups (broad SMARTS) is 1. The lowest BCUT2D eigenvalue weighted by atomic mass is 10.1. The molecule has 9 heteroatoms. The van der Waals surface area contributed by atoms with Crippen LogP contribution in [0.5, 0.6) is 0 Å². The van der Waals surface area contributed by atoms with Crippen molar-refractivity contribution in [3.05, 3.63) is 81.6 Å². The monoisotopic (exact) mass is 480 g/mol. The molecule has 3 aromatic rings. The Morgan fingerprint density at radius 3 is 2.45 bits per heavy atom. The number of nitrogens with one attached hydrogen (secondary N) is 1. The third-order valence-corrected chi connectivity index (χ3v) is 5.57. The Morgan fingerprint density at radius 1 is 1.09 bits per heavy atom. The first kappa shape index (κ1) is 22.4. The van der Waals surface area contributed by atoms with E-state index >= 15 is 0 Å². The van der Waals surface area contributed by atoms with E-state index < -0.39 is 17.8 Å². The van der Waals surface area contributed by atoms with Gasteiger partial charge in [0.15, 0.2) is 5.11 Å². The molecule has 2 amide bonds. The van der Waals surface area contributed by atoms with Gasteiger partial charge in [-0.15, -0.1) is 0 Å². The van der Waals surface area contributed by atoms with Crippen LogP contribution >= 0.6 is 23.8 Å². The number of rotatable bonds is 4. The summed E-state index contributed by atoms with van der Waals surface area (Å²) in [5.74, 6) is -1.82. The lowest BCUT2D eigenvalue weighted by Gasteiger charge is -2.29. The topological polar surface area (TPSA) is 99.8 Å². The zero-order valence-corrected chi connectivity index (χ0v) is 19.1. The van der Waals surface area contributed by atoms with E-state index in [9.17, 15) is 19.5 Å². The summed E-state index contributed by atoms with van der Waals surface area (Å²) in [6.07, 6.45) is 1.31. The molecular weight excluding hydrogens is 464 g/mol. The average Bonchev–Trinajstić information content (AvgIpc) is 3.19. The second kappa shape index (κ2) is 8.65. The van der Waals surface area contributed by atoms with Crippen molar-refractivity contribution in [3.63, 3.8) is 0 Å². The molecule has 4 rings (SSSR count). The van der Waals surface area contributed by atoms with Crippen LogP contribution in [0.25, 0.3) is 17.4 Å². The minimum atomic E-state index is -1.10. The van der Waals surface area contributed by atoms with Crippen molar-refractivity contribution in [1.82, 2.24) is 5.32 Å². The summed E-state index contributed by atoms with van der Waals surface area (Å²) >= 11 is 11.4. The van der Waals surface area contributed by atoms with Crippen LogP contribution in [-0.2, 0) is 9.59 Å². The lowest BCUT2D eigenvalue weighted by molar-refractivity contribution is -0.122. The number of aryl methyl sites for hydroxylation is 2. The second-order valence-electron chi connectivity index (χ2n) is 7.51. The van der Waals surface area contributed by atoms with E-state index in [0.29, 0.717) is 22.0 Å². The molecule has 2 aromatic carbocycles. The van der Waals surface area contributed by atoms with Crippen molar-refractivity contribution in [3.8, 4) is 11.3 Å². The Hall–Kier alpha value is -3.75. The highest BCUT2D eigenvalue weighted by atomic mass is 35.5. The number of carbonyl (C=O) groups excluding carboxylic acids is 2. The number of anilines is 1. The molecule has 2 N–H and O–H groups in total. The molecule has 0 aliphatic carbocycles. The van der Waals surface area contributed by atoms with Gasteiger partial charge in [-0.3, -0.25) is 19.8 Å². The normalized spacial score (nSPS) is 15.2. The van der Waals surface area contributed by atoms with Crippen LogP contribution in [0.4, 0.5) is 5.69 Å². The molecule has 0 radical (unpaired) electrons. The summed E-state index contributed by atoms with van der Waals surface area (Å²) < 4.78 is 5.75. The van der Waals surface area contributed by atoms with Crippen molar-refractivity contribution in [2.45, 2.75) is 13.8 Å². The Morgan fingerprint density at radius 2 is 1.79 bits per heavy atom. The van der Waals surface area contributed by atoms with Crippen molar-refractivity contribution in [1.29, 1.82) is 0 Å². The molecule has 0 atom stereocenters. The minimum Gasteiger partial charge on any atom is -0.478 e. The SMILES string of the molecule is Cc1cc(C)cc(N2C(=O)C(=Cc3ccc(-c4cc(C(=O)O)ccc4Cl)o3)C(=O)NC2=S)c1. The quantitative estimate of drug-likeness (QED) is 0.317. The Balaban J connectivity index is 1.71. The number of halogens is 1. The first-order valence-corrected chi connectivity index (χ1v) is 10.6. The molecule has 2 heterocycles. The van der Waals surface area contributed by atoms with Gasteiger partial charge in [-0.2, -0.15) is 0 Å². The fourth-order valence-corrected chi connectivity index (χ4v) is 4.03. The predicted octanol–water partition coefficient (Wildman–Crippen LogP) is 4.75. The van der Waals surface area contributed by atoms with Gasteiger partial charge in [0, 0.05) is 5.56 Å². The lowest BCUT2D eigenvalue weighted by Crippen LogP contribution is -2.54. The number of hydrogen-bond donors (Lipinski definition) is 2. The smallest absolute Gasteiger partial charge is 0.335 e. The van der Waals surface area contributed by atoms with E-state index in [1.165, 1.54) is 29.2 Å². The van der Waals surface area contributed by atoms with Gasteiger partial charge in [-0.05, 0) is 85.7 Å². The molecule has 7 nitrogen and oxygen atoms in total.